The highest BCUT2D eigenvalue weighted by Crippen LogP contribution is 2.20. The van der Waals surface area contributed by atoms with E-state index in [1.165, 1.54) is 18.4 Å². The van der Waals surface area contributed by atoms with Gasteiger partial charge in [-0.05, 0) is 37.1 Å². The average Bonchev–Trinajstić information content (AvgIpc) is 3.08. The van der Waals surface area contributed by atoms with E-state index < -0.39 is 11.9 Å². The van der Waals surface area contributed by atoms with Gasteiger partial charge in [-0.3, -0.25) is 9.59 Å². The zero-order valence-electron chi connectivity index (χ0n) is 16.8. The van der Waals surface area contributed by atoms with E-state index >= 15 is 0 Å². The third kappa shape index (κ3) is 5.21. The Labute approximate surface area is 177 Å². The van der Waals surface area contributed by atoms with Gasteiger partial charge < -0.3 is 14.0 Å². The summed E-state index contributed by atoms with van der Waals surface area (Å²) in [6.45, 7) is 1.92. The number of hydrogen-bond acceptors (Lipinski definition) is 6. The summed E-state index contributed by atoms with van der Waals surface area (Å²) in [6.07, 6.45) is 0.837. The predicted octanol–water partition coefficient (Wildman–Crippen LogP) is 3.11. The first-order chi connectivity index (χ1) is 14.5. The molecule has 0 aliphatic heterocycles. The van der Waals surface area contributed by atoms with Crippen LogP contribution in [0.15, 0.2) is 53.5 Å². The number of carbonyl (C=O) groups excluding carboxylic acids is 3. The lowest BCUT2D eigenvalue weighted by molar-refractivity contribution is -0.143. The molecule has 0 aliphatic carbocycles. The van der Waals surface area contributed by atoms with Crippen molar-refractivity contribution in [3.8, 4) is 0 Å². The van der Waals surface area contributed by atoms with Crippen molar-refractivity contribution in [2.75, 3.05) is 13.7 Å². The lowest BCUT2D eigenvalue weighted by Crippen LogP contribution is -2.23. The lowest BCUT2D eigenvalue weighted by atomic mass is 10.1. The van der Waals surface area contributed by atoms with E-state index in [1.54, 1.807) is 29.7 Å². The van der Waals surface area contributed by atoms with Crippen LogP contribution in [0.25, 0.3) is 10.2 Å². The fourth-order valence-electron chi connectivity index (χ4n) is 2.95. The third-order valence-corrected chi connectivity index (χ3v) is 5.43. The maximum absolute atomic E-state index is 12.5. The molecule has 1 aromatic heterocycles. The number of carbonyl (C=O) groups is 3. The molecule has 156 valence electrons. The maximum atomic E-state index is 12.5. The summed E-state index contributed by atoms with van der Waals surface area (Å²) in [6, 6.07) is 14.7. The van der Waals surface area contributed by atoms with Gasteiger partial charge in [-0.2, -0.15) is 4.99 Å². The number of hydrogen-bond donors (Lipinski definition) is 0. The molecule has 3 rings (SSSR count). The molecule has 1 amide bonds. The second kappa shape index (κ2) is 9.98. The minimum Gasteiger partial charge on any atom is -0.465 e. The van der Waals surface area contributed by atoms with E-state index in [9.17, 15) is 14.4 Å². The monoisotopic (exact) mass is 426 g/mol. The Hall–Kier alpha value is -3.26. The summed E-state index contributed by atoms with van der Waals surface area (Å²) in [5, 5.41) is 0. The first-order valence-electron chi connectivity index (χ1n) is 9.50. The zero-order chi connectivity index (χ0) is 21.5. The molecule has 0 bridgehead atoms. The summed E-state index contributed by atoms with van der Waals surface area (Å²) in [5.41, 5.74) is 2.13. The van der Waals surface area contributed by atoms with Crippen molar-refractivity contribution in [3.05, 3.63) is 64.5 Å². The Bertz CT molecular complexity index is 1130. The summed E-state index contributed by atoms with van der Waals surface area (Å²) < 4.78 is 12.2. The molecule has 0 fully saturated rings. The molecule has 0 saturated carbocycles. The zero-order valence-corrected chi connectivity index (χ0v) is 17.6. The molecular weight excluding hydrogens is 404 g/mol. The topological polar surface area (TPSA) is 87.0 Å². The number of esters is 2. The predicted molar refractivity (Wildman–Crippen MR) is 113 cm³/mol. The van der Waals surface area contributed by atoms with Crippen LogP contribution in [0.1, 0.15) is 29.3 Å². The van der Waals surface area contributed by atoms with Gasteiger partial charge in [-0.15, -0.1) is 0 Å². The molecule has 3 aromatic rings. The van der Waals surface area contributed by atoms with Gasteiger partial charge in [-0.25, -0.2) is 4.79 Å². The number of thiazole rings is 1. The molecule has 2 aromatic carbocycles. The smallest absolute Gasteiger partial charge is 0.337 e. The second-order valence-electron chi connectivity index (χ2n) is 6.44. The molecular formula is C22H22N2O5S. The highest BCUT2D eigenvalue weighted by Gasteiger charge is 2.15. The van der Waals surface area contributed by atoms with Crippen molar-refractivity contribution in [1.82, 2.24) is 4.57 Å². The molecule has 30 heavy (non-hydrogen) atoms. The van der Waals surface area contributed by atoms with Crippen molar-refractivity contribution in [3.63, 3.8) is 0 Å². The van der Waals surface area contributed by atoms with E-state index in [0.717, 1.165) is 10.3 Å². The Morgan fingerprint density at radius 2 is 1.87 bits per heavy atom. The van der Waals surface area contributed by atoms with Crippen LogP contribution in [-0.2, 0) is 32.0 Å². The summed E-state index contributed by atoms with van der Waals surface area (Å²) in [7, 11) is 1.31. The van der Waals surface area contributed by atoms with Gasteiger partial charge in [0.25, 0.3) is 0 Å². The normalized spacial score (nSPS) is 11.5. The quantitative estimate of drug-likeness (QED) is 0.542. The molecule has 0 aliphatic rings. The number of fused-ring (bicyclic) bond motifs is 1. The van der Waals surface area contributed by atoms with Gasteiger partial charge >= 0.3 is 11.9 Å². The molecule has 8 heteroatoms. The van der Waals surface area contributed by atoms with Crippen LogP contribution < -0.4 is 4.80 Å². The summed E-state index contributed by atoms with van der Waals surface area (Å²) in [4.78, 5) is 41.0. The van der Waals surface area contributed by atoms with Crippen LogP contribution in [0.5, 0.6) is 0 Å². The van der Waals surface area contributed by atoms with Crippen molar-refractivity contribution in [2.24, 2.45) is 4.99 Å². The standard InChI is InChI=1S/C22H22N2O5S/c1-3-29-20(26)14-24-17-11-10-16(21(27)28-2)13-18(17)30-22(24)23-19(25)12-9-15-7-5-4-6-8-15/h4-8,10-11,13H,3,9,12,14H2,1-2H3. The fraction of sp³-hybridized carbons (Fsp3) is 0.273. The van der Waals surface area contributed by atoms with Crippen LogP contribution >= 0.6 is 11.3 Å². The van der Waals surface area contributed by atoms with Gasteiger partial charge in [-0.1, -0.05) is 41.7 Å². The van der Waals surface area contributed by atoms with Crippen molar-refractivity contribution >= 4 is 39.4 Å². The number of amides is 1. The number of rotatable bonds is 7. The summed E-state index contributed by atoms with van der Waals surface area (Å²) in [5.74, 6) is -1.16. The van der Waals surface area contributed by atoms with Gasteiger partial charge in [0.1, 0.15) is 6.54 Å². The number of nitrogens with zero attached hydrogens (tertiary/aromatic N) is 2. The molecule has 0 spiro atoms. The van der Waals surface area contributed by atoms with Crippen LogP contribution in [0.4, 0.5) is 0 Å². The summed E-state index contributed by atoms with van der Waals surface area (Å²) >= 11 is 1.24. The Morgan fingerprint density at radius 3 is 2.57 bits per heavy atom. The Balaban J connectivity index is 1.95. The molecule has 7 nitrogen and oxygen atoms in total. The lowest BCUT2D eigenvalue weighted by Gasteiger charge is -2.05. The second-order valence-corrected chi connectivity index (χ2v) is 7.45. The molecule has 0 radical (unpaired) electrons. The number of methoxy groups -OCH3 is 1. The molecule has 0 unspecified atom stereocenters. The maximum Gasteiger partial charge on any atom is 0.337 e. The number of benzene rings is 2. The number of aromatic nitrogens is 1. The van der Waals surface area contributed by atoms with Gasteiger partial charge in [0.2, 0.25) is 5.91 Å². The van der Waals surface area contributed by atoms with Crippen LogP contribution in [-0.4, -0.2) is 36.1 Å². The highest BCUT2D eigenvalue weighted by molar-refractivity contribution is 7.16. The minimum atomic E-state index is -0.459. The van der Waals surface area contributed by atoms with E-state index in [0.29, 0.717) is 22.3 Å². The largest absolute Gasteiger partial charge is 0.465 e. The SMILES string of the molecule is CCOC(=O)Cn1c(=NC(=O)CCc2ccccc2)sc2cc(C(=O)OC)ccc21. The average molecular weight is 426 g/mol. The van der Waals surface area contributed by atoms with E-state index in [-0.39, 0.29) is 25.5 Å². The number of aryl methyl sites for hydroxylation is 1. The minimum absolute atomic E-state index is 0.0732. The van der Waals surface area contributed by atoms with Gasteiger partial charge in [0.05, 0.1) is 29.5 Å². The Morgan fingerprint density at radius 1 is 1.10 bits per heavy atom. The van der Waals surface area contributed by atoms with Gasteiger partial charge in [0, 0.05) is 6.42 Å². The molecule has 0 N–H and O–H groups in total. The van der Waals surface area contributed by atoms with E-state index in [4.69, 9.17) is 9.47 Å². The fourth-order valence-corrected chi connectivity index (χ4v) is 4.04. The van der Waals surface area contributed by atoms with E-state index in [1.807, 2.05) is 30.3 Å². The van der Waals surface area contributed by atoms with Crippen molar-refractivity contribution < 1.29 is 23.9 Å². The first kappa shape index (κ1) is 21.4. The Kier molecular flexibility index (Phi) is 7.13. The van der Waals surface area contributed by atoms with Crippen molar-refractivity contribution in [2.45, 2.75) is 26.3 Å². The van der Waals surface area contributed by atoms with E-state index in [2.05, 4.69) is 4.99 Å². The molecule has 0 atom stereocenters. The first-order valence-corrected chi connectivity index (χ1v) is 10.3. The van der Waals surface area contributed by atoms with Crippen LogP contribution in [0.3, 0.4) is 0 Å². The van der Waals surface area contributed by atoms with Gasteiger partial charge in [0.15, 0.2) is 4.80 Å². The highest BCUT2D eigenvalue weighted by atomic mass is 32.1. The third-order valence-electron chi connectivity index (χ3n) is 4.39. The number of ether oxygens (including phenoxy) is 2. The van der Waals surface area contributed by atoms with Crippen molar-refractivity contribution in [1.29, 1.82) is 0 Å². The van der Waals surface area contributed by atoms with Crippen LogP contribution in [0.2, 0.25) is 0 Å². The van der Waals surface area contributed by atoms with Crippen LogP contribution in [0, 0.1) is 0 Å². The molecule has 1 heterocycles. The molecule has 0 saturated heterocycles.